The Morgan fingerprint density at radius 2 is 1.66 bits per heavy atom. The Morgan fingerprint density at radius 1 is 1.03 bits per heavy atom. The molecule has 8 nitrogen and oxygen atoms in total. The molecule has 3 fully saturated rings. The maximum atomic E-state index is 14.0. The van der Waals surface area contributed by atoms with Gasteiger partial charge >= 0.3 is 6.03 Å². The number of nitrogens with zero attached hydrogens (tertiary/aromatic N) is 3. The zero-order chi connectivity index (χ0) is 23.3. The molecule has 1 saturated carbocycles. The van der Waals surface area contributed by atoms with E-state index in [0.29, 0.717) is 30.9 Å². The molecule has 2 saturated heterocycles. The molecule has 1 N–H and O–H groups in total. The highest BCUT2D eigenvalue weighted by molar-refractivity contribution is 7.89. The van der Waals surface area contributed by atoms with E-state index in [1.807, 2.05) is 0 Å². The average Bonchev–Trinajstić information content (AvgIpc) is 2.98. The number of sulfonamides is 1. The fourth-order valence-corrected chi connectivity index (χ4v) is 6.03. The average molecular weight is 475 g/mol. The molecule has 0 unspecified atom stereocenters. The highest BCUT2D eigenvalue weighted by Crippen LogP contribution is 2.36. The summed E-state index contributed by atoms with van der Waals surface area (Å²) in [7, 11) is -4.37. The lowest BCUT2D eigenvalue weighted by atomic mass is 9.77. The molecule has 1 aliphatic carbocycles. The number of imide groups is 1. The van der Waals surface area contributed by atoms with Crippen LogP contribution in [0.5, 0.6) is 0 Å². The van der Waals surface area contributed by atoms with Gasteiger partial charge in [-0.3, -0.25) is 9.69 Å². The van der Waals surface area contributed by atoms with E-state index < -0.39 is 43.9 Å². The molecule has 0 atom stereocenters. The molecule has 0 bridgehead atoms. The standard InChI is InChI=1S/C20H25F3N4O4S/c1-13-4-6-20(7-5-13)18(28)27(19(29)24-20)12-25-8-10-26(11-9-25)32(30,31)15-3-2-14(21)16(22)17(15)23/h2-3,13H,4-12H2,1H3,(H,24,29). The van der Waals surface area contributed by atoms with Gasteiger partial charge in [0.1, 0.15) is 10.4 Å². The number of piperazine rings is 1. The number of hydrogen-bond acceptors (Lipinski definition) is 5. The van der Waals surface area contributed by atoms with E-state index in [1.54, 1.807) is 4.90 Å². The minimum Gasteiger partial charge on any atom is -0.323 e. The molecule has 2 aliphatic heterocycles. The van der Waals surface area contributed by atoms with Crippen molar-refractivity contribution in [1.29, 1.82) is 0 Å². The first-order valence-corrected chi connectivity index (χ1v) is 12.0. The molecule has 176 valence electrons. The Balaban J connectivity index is 1.40. The summed E-state index contributed by atoms with van der Waals surface area (Å²) in [6.45, 7) is 2.42. The summed E-state index contributed by atoms with van der Waals surface area (Å²) < 4.78 is 67.1. The number of carbonyl (C=O) groups excluding carboxylic acids is 2. The van der Waals surface area contributed by atoms with Crippen LogP contribution in [0.15, 0.2) is 17.0 Å². The Bertz CT molecular complexity index is 1040. The van der Waals surface area contributed by atoms with E-state index in [9.17, 15) is 31.2 Å². The van der Waals surface area contributed by atoms with Crippen LogP contribution in [0.25, 0.3) is 0 Å². The molecule has 3 aliphatic rings. The van der Waals surface area contributed by atoms with Crippen LogP contribution in [-0.4, -0.2) is 72.8 Å². The van der Waals surface area contributed by atoms with E-state index in [2.05, 4.69) is 12.2 Å². The third-order valence-corrected chi connectivity index (χ3v) is 8.58. The first kappa shape index (κ1) is 23.0. The van der Waals surface area contributed by atoms with Gasteiger partial charge in [-0.1, -0.05) is 6.92 Å². The number of rotatable bonds is 4. The maximum absolute atomic E-state index is 14.0. The second-order valence-corrected chi connectivity index (χ2v) is 10.7. The van der Waals surface area contributed by atoms with Crippen molar-refractivity contribution in [3.8, 4) is 0 Å². The number of carbonyl (C=O) groups is 2. The fraction of sp³-hybridized carbons (Fsp3) is 0.600. The Labute approximate surface area is 184 Å². The third kappa shape index (κ3) is 3.88. The van der Waals surface area contributed by atoms with E-state index in [4.69, 9.17) is 0 Å². The van der Waals surface area contributed by atoms with E-state index >= 15 is 0 Å². The summed E-state index contributed by atoms with van der Waals surface area (Å²) in [6.07, 6.45) is 2.91. The van der Waals surface area contributed by atoms with Gasteiger partial charge in [0, 0.05) is 26.2 Å². The van der Waals surface area contributed by atoms with Gasteiger partial charge in [-0.05, 0) is 43.7 Å². The Kier molecular flexibility index (Phi) is 5.97. The van der Waals surface area contributed by atoms with Gasteiger partial charge in [0.2, 0.25) is 10.0 Å². The van der Waals surface area contributed by atoms with Gasteiger partial charge in [0.25, 0.3) is 5.91 Å². The summed E-state index contributed by atoms with van der Waals surface area (Å²) in [5.41, 5.74) is -0.848. The first-order chi connectivity index (χ1) is 15.0. The monoisotopic (exact) mass is 474 g/mol. The van der Waals surface area contributed by atoms with Gasteiger partial charge in [-0.15, -0.1) is 0 Å². The lowest BCUT2D eigenvalue weighted by Crippen LogP contribution is -2.53. The normalized spacial score (nSPS) is 27.9. The number of urea groups is 1. The summed E-state index contributed by atoms with van der Waals surface area (Å²) in [5, 5.41) is 2.85. The van der Waals surface area contributed by atoms with Gasteiger partial charge in [-0.25, -0.2) is 31.3 Å². The summed E-state index contributed by atoms with van der Waals surface area (Å²) in [4.78, 5) is 27.5. The maximum Gasteiger partial charge on any atom is 0.326 e. The SMILES string of the molecule is CC1CCC2(CC1)NC(=O)N(CN1CCN(S(=O)(=O)c3ccc(F)c(F)c3F)CC1)C2=O. The van der Waals surface area contributed by atoms with Crippen molar-refractivity contribution in [1.82, 2.24) is 19.4 Å². The van der Waals surface area contributed by atoms with Gasteiger partial charge in [0.15, 0.2) is 17.5 Å². The van der Waals surface area contributed by atoms with Crippen LogP contribution in [0.4, 0.5) is 18.0 Å². The van der Waals surface area contributed by atoms with Crippen LogP contribution in [0.2, 0.25) is 0 Å². The zero-order valence-corrected chi connectivity index (χ0v) is 18.4. The van der Waals surface area contributed by atoms with Crippen LogP contribution in [0.3, 0.4) is 0 Å². The third-order valence-electron chi connectivity index (χ3n) is 6.66. The molecule has 3 amide bonds. The van der Waals surface area contributed by atoms with Crippen LogP contribution in [-0.2, 0) is 14.8 Å². The lowest BCUT2D eigenvalue weighted by molar-refractivity contribution is -0.134. The van der Waals surface area contributed by atoms with Crippen LogP contribution in [0, 0.1) is 23.4 Å². The van der Waals surface area contributed by atoms with Crippen LogP contribution >= 0.6 is 0 Å². The number of hydrogen-bond donors (Lipinski definition) is 1. The van der Waals surface area contributed by atoms with Crippen molar-refractivity contribution in [3.05, 3.63) is 29.6 Å². The van der Waals surface area contributed by atoms with Crippen molar-refractivity contribution in [2.75, 3.05) is 32.8 Å². The molecule has 32 heavy (non-hydrogen) atoms. The van der Waals surface area contributed by atoms with Crippen molar-refractivity contribution >= 4 is 22.0 Å². The van der Waals surface area contributed by atoms with Gasteiger partial charge < -0.3 is 5.32 Å². The molecule has 12 heteroatoms. The number of benzene rings is 1. The molecular formula is C20H25F3N4O4S. The second-order valence-electron chi connectivity index (χ2n) is 8.76. The van der Waals surface area contributed by atoms with Crippen molar-refractivity contribution in [2.45, 2.75) is 43.0 Å². The quantitative estimate of drug-likeness (QED) is 0.532. The molecular weight excluding hydrogens is 449 g/mol. The first-order valence-electron chi connectivity index (χ1n) is 10.6. The molecule has 0 aromatic heterocycles. The van der Waals surface area contributed by atoms with E-state index in [-0.39, 0.29) is 38.8 Å². The molecule has 1 aromatic rings. The second kappa shape index (κ2) is 8.31. The number of nitrogens with one attached hydrogen (secondary N) is 1. The molecule has 0 radical (unpaired) electrons. The van der Waals surface area contributed by atoms with Crippen molar-refractivity contribution in [2.24, 2.45) is 5.92 Å². The topological polar surface area (TPSA) is 90.0 Å². The molecule has 1 aromatic carbocycles. The highest BCUT2D eigenvalue weighted by Gasteiger charge is 2.52. The van der Waals surface area contributed by atoms with E-state index in [1.165, 1.54) is 0 Å². The number of halogens is 3. The van der Waals surface area contributed by atoms with Crippen LogP contribution in [0.1, 0.15) is 32.6 Å². The Hall–Kier alpha value is -2.18. The molecule has 1 spiro atoms. The fourth-order valence-electron chi connectivity index (χ4n) is 4.56. The summed E-state index contributed by atoms with van der Waals surface area (Å²) in [6, 6.07) is 0.817. The smallest absolute Gasteiger partial charge is 0.323 e. The minimum absolute atomic E-state index is 0.0232. The zero-order valence-electron chi connectivity index (χ0n) is 17.6. The summed E-state index contributed by atoms with van der Waals surface area (Å²) in [5.74, 6) is -4.81. The van der Waals surface area contributed by atoms with E-state index in [0.717, 1.165) is 22.0 Å². The van der Waals surface area contributed by atoms with Crippen molar-refractivity contribution in [3.63, 3.8) is 0 Å². The van der Waals surface area contributed by atoms with Gasteiger partial charge in [0.05, 0.1) is 6.67 Å². The highest BCUT2D eigenvalue weighted by atomic mass is 32.2. The predicted octanol–water partition coefficient (Wildman–Crippen LogP) is 1.87. The lowest BCUT2D eigenvalue weighted by Gasteiger charge is -2.36. The largest absolute Gasteiger partial charge is 0.326 e. The minimum atomic E-state index is -4.37. The number of amides is 3. The summed E-state index contributed by atoms with van der Waals surface area (Å²) >= 11 is 0. The van der Waals surface area contributed by atoms with Crippen molar-refractivity contribution < 1.29 is 31.2 Å². The van der Waals surface area contributed by atoms with Crippen LogP contribution < -0.4 is 5.32 Å². The molecule has 4 rings (SSSR count). The van der Waals surface area contributed by atoms with Gasteiger partial charge in [-0.2, -0.15) is 4.31 Å². The molecule has 2 heterocycles. The predicted molar refractivity (Wildman–Crippen MR) is 107 cm³/mol. The Morgan fingerprint density at radius 3 is 2.28 bits per heavy atom.